The predicted molar refractivity (Wildman–Crippen MR) is 112 cm³/mol. The van der Waals surface area contributed by atoms with Gasteiger partial charge in [-0.15, -0.1) is 30.6 Å². The highest BCUT2D eigenvalue weighted by Gasteiger charge is 2.23. The van der Waals surface area contributed by atoms with Gasteiger partial charge in [-0.1, -0.05) is 18.2 Å². The van der Waals surface area contributed by atoms with Crippen molar-refractivity contribution in [2.75, 3.05) is 40.3 Å². The molecule has 0 radical (unpaired) electrons. The summed E-state index contributed by atoms with van der Waals surface area (Å²) in [4.78, 5) is 6.79. The molecule has 1 unspecified atom stereocenters. The van der Waals surface area contributed by atoms with Gasteiger partial charge in [0.1, 0.15) is 5.75 Å². The van der Waals surface area contributed by atoms with Crippen LogP contribution in [0, 0.1) is 0 Å². The van der Waals surface area contributed by atoms with Crippen molar-refractivity contribution in [1.29, 1.82) is 0 Å². The second-order valence-corrected chi connectivity index (χ2v) is 5.65. The molecule has 24 heavy (non-hydrogen) atoms. The molecule has 1 atom stereocenters. The number of likely N-dealkylation sites (tertiary alicyclic amines) is 1. The molecule has 1 heterocycles. The van der Waals surface area contributed by atoms with Crippen LogP contribution in [0.5, 0.6) is 5.75 Å². The normalized spacial score (nSPS) is 16.2. The standard InChI is InChI=1S/C18H28N4O.HI/c1-4-11-20-18(19-2)21-14-17(22-12-5-6-13-22)15-7-9-16(23-3)10-8-15;/h4,7-10,17H,1,5-6,11-14H2,2-3H3,(H2,19,20,21);1H. The van der Waals surface area contributed by atoms with Crippen molar-refractivity contribution in [3.63, 3.8) is 0 Å². The fraction of sp³-hybridized carbons (Fsp3) is 0.500. The fourth-order valence-electron chi connectivity index (χ4n) is 2.92. The third-order valence-electron chi connectivity index (χ3n) is 4.18. The average Bonchev–Trinajstić information content (AvgIpc) is 3.12. The van der Waals surface area contributed by atoms with Crippen LogP contribution in [0.1, 0.15) is 24.4 Å². The van der Waals surface area contributed by atoms with Crippen LogP contribution < -0.4 is 15.4 Å². The van der Waals surface area contributed by atoms with E-state index >= 15 is 0 Å². The zero-order valence-corrected chi connectivity index (χ0v) is 17.0. The van der Waals surface area contributed by atoms with Crippen LogP contribution in [0.2, 0.25) is 0 Å². The first-order valence-electron chi connectivity index (χ1n) is 8.22. The molecule has 6 heteroatoms. The van der Waals surface area contributed by atoms with Gasteiger partial charge in [0, 0.05) is 20.1 Å². The lowest BCUT2D eigenvalue weighted by atomic mass is 10.1. The number of nitrogens with one attached hydrogen (secondary N) is 2. The van der Waals surface area contributed by atoms with Crippen LogP contribution in [0.25, 0.3) is 0 Å². The molecule has 0 spiro atoms. The van der Waals surface area contributed by atoms with Crippen molar-refractivity contribution in [3.8, 4) is 5.75 Å². The summed E-state index contributed by atoms with van der Waals surface area (Å²) in [6.07, 6.45) is 4.38. The Labute approximate surface area is 162 Å². The molecule has 1 saturated heterocycles. The summed E-state index contributed by atoms with van der Waals surface area (Å²) in [5, 5.41) is 6.64. The van der Waals surface area contributed by atoms with Gasteiger partial charge in [0.2, 0.25) is 0 Å². The van der Waals surface area contributed by atoms with E-state index in [9.17, 15) is 0 Å². The average molecular weight is 444 g/mol. The smallest absolute Gasteiger partial charge is 0.191 e. The molecule has 0 aromatic heterocycles. The number of hydrogen-bond donors (Lipinski definition) is 2. The summed E-state index contributed by atoms with van der Waals surface area (Å²) in [7, 11) is 3.49. The summed E-state index contributed by atoms with van der Waals surface area (Å²) in [5.74, 6) is 1.70. The fourth-order valence-corrected chi connectivity index (χ4v) is 2.92. The van der Waals surface area contributed by atoms with E-state index in [1.807, 2.05) is 18.2 Å². The van der Waals surface area contributed by atoms with E-state index in [-0.39, 0.29) is 24.0 Å². The topological polar surface area (TPSA) is 48.9 Å². The summed E-state index contributed by atoms with van der Waals surface area (Å²) in [6.45, 7) is 7.55. The summed E-state index contributed by atoms with van der Waals surface area (Å²) in [6, 6.07) is 8.71. The van der Waals surface area contributed by atoms with E-state index < -0.39 is 0 Å². The lowest BCUT2D eigenvalue weighted by Gasteiger charge is -2.29. The van der Waals surface area contributed by atoms with Crippen LogP contribution in [-0.4, -0.2) is 51.2 Å². The summed E-state index contributed by atoms with van der Waals surface area (Å²) >= 11 is 0. The van der Waals surface area contributed by atoms with Crippen molar-refractivity contribution in [2.24, 2.45) is 4.99 Å². The van der Waals surface area contributed by atoms with Crippen molar-refractivity contribution in [3.05, 3.63) is 42.5 Å². The van der Waals surface area contributed by atoms with E-state index in [2.05, 4.69) is 39.2 Å². The van der Waals surface area contributed by atoms with Gasteiger partial charge in [0.25, 0.3) is 0 Å². The zero-order valence-electron chi connectivity index (χ0n) is 14.6. The Morgan fingerprint density at radius 1 is 1.29 bits per heavy atom. The largest absolute Gasteiger partial charge is 0.497 e. The van der Waals surface area contributed by atoms with Gasteiger partial charge in [-0.2, -0.15) is 0 Å². The maximum absolute atomic E-state index is 5.27. The zero-order chi connectivity index (χ0) is 16.5. The number of hydrogen-bond acceptors (Lipinski definition) is 3. The monoisotopic (exact) mass is 444 g/mol. The first-order chi connectivity index (χ1) is 11.3. The highest BCUT2D eigenvalue weighted by atomic mass is 127. The Morgan fingerprint density at radius 3 is 2.50 bits per heavy atom. The number of halogens is 1. The number of ether oxygens (including phenoxy) is 1. The van der Waals surface area contributed by atoms with E-state index in [4.69, 9.17) is 4.74 Å². The molecule has 1 aliphatic heterocycles. The molecule has 0 bridgehead atoms. The molecule has 0 saturated carbocycles. The first-order valence-corrected chi connectivity index (χ1v) is 8.22. The van der Waals surface area contributed by atoms with Crippen LogP contribution in [0.3, 0.4) is 0 Å². The molecular formula is C18H29IN4O. The van der Waals surface area contributed by atoms with Crippen molar-refractivity contribution in [1.82, 2.24) is 15.5 Å². The van der Waals surface area contributed by atoms with E-state index in [0.717, 1.165) is 31.3 Å². The minimum atomic E-state index is 0. The molecule has 1 aromatic rings. The molecule has 0 amide bonds. The van der Waals surface area contributed by atoms with Crippen LogP contribution in [0.4, 0.5) is 0 Å². The summed E-state index contributed by atoms with van der Waals surface area (Å²) < 4.78 is 5.27. The summed E-state index contributed by atoms with van der Waals surface area (Å²) in [5.41, 5.74) is 1.30. The number of methoxy groups -OCH3 is 1. The third kappa shape index (κ3) is 5.98. The van der Waals surface area contributed by atoms with E-state index in [1.54, 1.807) is 14.2 Å². The number of nitrogens with zero attached hydrogens (tertiary/aromatic N) is 2. The number of aliphatic imine (C=N–C) groups is 1. The van der Waals surface area contributed by atoms with Gasteiger partial charge >= 0.3 is 0 Å². The maximum atomic E-state index is 5.27. The second kappa shape index (κ2) is 11.3. The van der Waals surface area contributed by atoms with Gasteiger partial charge in [-0.05, 0) is 43.6 Å². The molecule has 2 rings (SSSR count). The number of benzene rings is 1. The minimum absolute atomic E-state index is 0. The molecule has 1 aromatic carbocycles. The van der Waals surface area contributed by atoms with Gasteiger partial charge in [-0.3, -0.25) is 9.89 Å². The van der Waals surface area contributed by atoms with Gasteiger partial charge in [-0.25, -0.2) is 0 Å². The van der Waals surface area contributed by atoms with Crippen molar-refractivity contribution < 1.29 is 4.74 Å². The van der Waals surface area contributed by atoms with E-state index in [1.165, 1.54) is 18.4 Å². The molecule has 1 aliphatic rings. The molecule has 5 nitrogen and oxygen atoms in total. The lowest BCUT2D eigenvalue weighted by molar-refractivity contribution is 0.245. The van der Waals surface area contributed by atoms with Gasteiger partial charge < -0.3 is 15.4 Å². The van der Waals surface area contributed by atoms with Crippen LogP contribution >= 0.6 is 24.0 Å². The highest BCUT2D eigenvalue weighted by Crippen LogP contribution is 2.26. The molecule has 1 fully saturated rings. The lowest BCUT2D eigenvalue weighted by Crippen LogP contribution is -2.42. The number of guanidine groups is 1. The van der Waals surface area contributed by atoms with Crippen LogP contribution in [0.15, 0.2) is 41.9 Å². The van der Waals surface area contributed by atoms with Crippen molar-refractivity contribution >= 4 is 29.9 Å². The quantitative estimate of drug-likeness (QED) is 0.294. The maximum Gasteiger partial charge on any atom is 0.191 e. The van der Waals surface area contributed by atoms with Gasteiger partial charge in [0.05, 0.1) is 13.2 Å². The van der Waals surface area contributed by atoms with E-state index in [0.29, 0.717) is 12.6 Å². The SMILES string of the molecule is C=CCNC(=NC)NCC(c1ccc(OC)cc1)N1CCCC1.I. The first kappa shape index (κ1) is 20.8. The van der Waals surface area contributed by atoms with Crippen molar-refractivity contribution in [2.45, 2.75) is 18.9 Å². The highest BCUT2D eigenvalue weighted by molar-refractivity contribution is 14.0. The Hall–Kier alpha value is -1.28. The molecule has 134 valence electrons. The minimum Gasteiger partial charge on any atom is -0.497 e. The Bertz CT molecular complexity index is 512. The van der Waals surface area contributed by atoms with Gasteiger partial charge in [0.15, 0.2) is 5.96 Å². The Kier molecular flexibility index (Phi) is 9.78. The molecule has 2 N–H and O–H groups in total. The Balaban J connectivity index is 0.00000288. The molecule has 0 aliphatic carbocycles. The molecular weight excluding hydrogens is 415 g/mol. The third-order valence-corrected chi connectivity index (χ3v) is 4.18. The van der Waals surface area contributed by atoms with Crippen LogP contribution in [-0.2, 0) is 0 Å². The number of rotatable bonds is 7. The predicted octanol–water partition coefficient (Wildman–Crippen LogP) is 2.80. The Morgan fingerprint density at radius 2 is 1.96 bits per heavy atom. The second-order valence-electron chi connectivity index (χ2n) is 5.65.